The number of hydrogen-bond acceptors (Lipinski definition) is 3. The second kappa shape index (κ2) is 25.8. The Labute approximate surface area is 294 Å². The number of allylic oxidation sites excluding steroid dienone is 3. The number of hydrogen-bond donors (Lipinski definition) is 3. The smallest absolute Gasteiger partial charge is 0.310 e. The maximum Gasteiger partial charge on any atom is 0.310 e. The summed E-state index contributed by atoms with van der Waals surface area (Å²) in [4.78, 5) is 11.8. The summed E-state index contributed by atoms with van der Waals surface area (Å²) in [5.74, 6) is -1.05. The summed E-state index contributed by atoms with van der Waals surface area (Å²) in [6.07, 6.45) is 42.1. The van der Waals surface area contributed by atoms with Crippen LogP contribution in [0.25, 0.3) is 0 Å². The first kappa shape index (κ1) is 42.1. The molecule has 0 radical (unpaired) electrons. The molecule has 0 bridgehead atoms. The van der Waals surface area contributed by atoms with Gasteiger partial charge in [-0.15, -0.1) is 11.6 Å². The molecule has 6 atom stereocenters. The fraction of sp³-hybridized carbons (Fsp3) is 0.833. The molecule has 0 saturated heterocycles. The third-order valence-electron chi connectivity index (χ3n) is 11.5. The first-order chi connectivity index (χ1) is 22.8. The van der Waals surface area contributed by atoms with Gasteiger partial charge in [0.25, 0.3) is 0 Å². The van der Waals surface area contributed by atoms with Crippen LogP contribution in [0.4, 0.5) is 0 Å². The van der Waals surface area contributed by atoms with Crippen molar-refractivity contribution in [2.75, 3.05) is 0 Å². The Morgan fingerprint density at radius 2 is 1.38 bits per heavy atom. The highest BCUT2D eigenvalue weighted by molar-refractivity contribution is 6.21. The minimum Gasteiger partial charge on any atom is -0.481 e. The Hall–Kier alpha value is -1.10. The maximum atomic E-state index is 11.8. The van der Waals surface area contributed by atoms with E-state index in [0.29, 0.717) is 25.7 Å². The van der Waals surface area contributed by atoms with Gasteiger partial charge < -0.3 is 15.3 Å². The van der Waals surface area contributed by atoms with Crippen molar-refractivity contribution in [1.29, 1.82) is 0 Å². The van der Waals surface area contributed by atoms with E-state index < -0.39 is 18.0 Å². The third-order valence-corrected chi connectivity index (χ3v) is 12.0. The standard InChI is InChI=1S/C42H73ClO4/c1-3-5-6-7-8-9-10-11-12-13-14-15-16-17-18-19-20-22-27-35(41(46)47)28-23-21-24-29-36-37(39(44)34-38(36)43)30-25-31-40(45)42(4-2)32-26-33-42/h21-22,24-25,27,30,35-40,44-45H,3-20,23,26,28-29,31-34H2,1-2H3,(H,46,47)/b24-21-,27-22?,30-25+/t35?,36-,37+,38+,39-,40+/m1/s1. The quantitative estimate of drug-likeness (QED) is 0.0418. The van der Waals surface area contributed by atoms with E-state index in [1.807, 2.05) is 6.08 Å². The summed E-state index contributed by atoms with van der Waals surface area (Å²) in [7, 11) is 0. The van der Waals surface area contributed by atoms with Crippen molar-refractivity contribution in [3.63, 3.8) is 0 Å². The molecule has 0 aromatic rings. The molecule has 2 aliphatic rings. The molecule has 0 spiro atoms. The first-order valence-corrected chi connectivity index (χ1v) is 20.5. The largest absolute Gasteiger partial charge is 0.481 e. The fourth-order valence-corrected chi connectivity index (χ4v) is 8.31. The van der Waals surface area contributed by atoms with Crippen molar-refractivity contribution in [3.8, 4) is 0 Å². The van der Waals surface area contributed by atoms with Crippen LogP contribution in [0.15, 0.2) is 36.5 Å². The molecule has 0 aromatic heterocycles. The van der Waals surface area contributed by atoms with Gasteiger partial charge in [0, 0.05) is 11.3 Å². The van der Waals surface area contributed by atoms with Gasteiger partial charge in [-0.05, 0) is 75.5 Å². The molecule has 0 aliphatic heterocycles. The van der Waals surface area contributed by atoms with Gasteiger partial charge in [-0.2, -0.15) is 0 Å². The predicted molar refractivity (Wildman–Crippen MR) is 201 cm³/mol. The Balaban J connectivity index is 1.53. The lowest BCUT2D eigenvalue weighted by Crippen LogP contribution is -2.40. The molecule has 0 aromatic carbocycles. The molecule has 5 heteroatoms. The summed E-state index contributed by atoms with van der Waals surface area (Å²) in [5.41, 5.74) is 0.0876. The topological polar surface area (TPSA) is 77.8 Å². The molecule has 4 nitrogen and oxygen atoms in total. The van der Waals surface area contributed by atoms with Crippen molar-refractivity contribution in [2.45, 2.75) is 198 Å². The lowest BCUT2D eigenvalue weighted by atomic mass is 9.63. The Kier molecular flexibility index (Phi) is 23.1. The molecular formula is C42H73ClO4. The van der Waals surface area contributed by atoms with Crippen LogP contribution < -0.4 is 0 Å². The van der Waals surface area contributed by atoms with Crippen LogP contribution in [0.2, 0.25) is 0 Å². The molecule has 3 N–H and O–H groups in total. The molecular weight excluding hydrogens is 604 g/mol. The lowest BCUT2D eigenvalue weighted by molar-refractivity contribution is -0.140. The van der Waals surface area contributed by atoms with E-state index >= 15 is 0 Å². The molecule has 47 heavy (non-hydrogen) atoms. The number of carboxylic acids is 1. The summed E-state index contributed by atoms with van der Waals surface area (Å²) in [6, 6.07) is 0. The van der Waals surface area contributed by atoms with Crippen molar-refractivity contribution in [2.24, 2.45) is 23.2 Å². The maximum absolute atomic E-state index is 11.8. The minimum absolute atomic E-state index is 0.00689. The molecule has 0 heterocycles. The monoisotopic (exact) mass is 677 g/mol. The number of unbranched alkanes of at least 4 members (excludes halogenated alkanes) is 16. The molecule has 2 aliphatic carbocycles. The number of aliphatic hydroxyl groups is 2. The highest BCUT2D eigenvalue weighted by Gasteiger charge is 2.42. The number of rotatable bonds is 29. The predicted octanol–water partition coefficient (Wildman–Crippen LogP) is 12.1. The van der Waals surface area contributed by atoms with E-state index in [9.17, 15) is 20.1 Å². The Morgan fingerprint density at radius 1 is 0.809 bits per heavy atom. The van der Waals surface area contributed by atoms with E-state index in [1.54, 1.807) is 0 Å². The average molecular weight is 677 g/mol. The number of halogens is 1. The molecule has 2 fully saturated rings. The van der Waals surface area contributed by atoms with Crippen molar-refractivity contribution in [3.05, 3.63) is 36.5 Å². The summed E-state index contributed by atoms with van der Waals surface area (Å²) in [5, 5.41) is 31.0. The molecule has 1 unspecified atom stereocenters. The first-order valence-electron chi connectivity index (χ1n) is 20.1. The van der Waals surface area contributed by atoms with Crippen molar-refractivity contribution < 1.29 is 20.1 Å². The van der Waals surface area contributed by atoms with Crippen molar-refractivity contribution >= 4 is 17.6 Å². The van der Waals surface area contributed by atoms with Crippen LogP contribution in [0, 0.1) is 23.2 Å². The zero-order valence-electron chi connectivity index (χ0n) is 30.4. The van der Waals surface area contributed by atoms with Crippen LogP contribution in [-0.2, 0) is 4.79 Å². The van der Waals surface area contributed by atoms with Gasteiger partial charge in [0.1, 0.15) is 0 Å². The van der Waals surface area contributed by atoms with Gasteiger partial charge >= 0.3 is 5.97 Å². The van der Waals surface area contributed by atoms with Gasteiger partial charge in [0.05, 0.1) is 18.1 Å². The van der Waals surface area contributed by atoms with Crippen LogP contribution in [0.3, 0.4) is 0 Å². The fourth-order valence-electron chi connectivity index (χ4n) is 7.85. The van der Waals surface area contributed by atoms with Crippen LogP contribution in [0.1, 0.15) is 181 Å². The lowest BCUT2D eigenvalue weighted by Gasteiger charge is -2.45. The van der Waals surface area contributed by atoms with Crippen LogP contribution in [-0.4, -0.2) is 38.9 Å². The Bertz CT molecular complexity index is 872. The highest BCUT2D eigenvalue weighted by atomic mass is 35.5. The molecule has 0 amide bonds. The van der Waals surface area contributed by atoms with Gasteiger partial charge in [-0.3, -0.25) is 4.79 Å². The summed E-state index contributed by atoms with van der Waals surface area (Å²) >= 11 is 6.64. The van der Waals surface area contributed by atoms with Gasteiger partial charge in [-0.25, -0.2) is 0 Å². The van der Waals surface area contributed by atoms with E-state index in [0.717, 1.165) is 38.5 Å². The number of carbonyl (C=O) groups is 1. The molecule has 2 rings (SSSR count). The average Bonchev–Trinajstić information content (AvgIpc) is 3.29. The summed E-state index contributed by atoms with van der Waals surface area (Å²) < 4.78 is 0. The van der Waals surface area contributed by atoms with Crippen molar-refractivity contribution in [1.82, 2.24) is 0 Å². The van der Waals surface area contributed by atoms with Crippen LogP contribution in [0.5, 0.6) is 0 Å². The Morgan fingerprint density at radius 3 is 1.89 bits per heavy atom. The zero-order valence-corrected chi connectivity index (χ0v) is 31.2. The van der Waals surface area contributed by atoms with Gasteiger partial charge in [-0.1, -0.05) is 153 Å². The SMILES string of the molecule is CCCCCCCCCCCCCCCCCCC=CC(CC/C=C\C[C@@H]1[C@H](/C=C/C[C@H](O)C2(CC)CCC2)[C@H](O)C[C@@H]1Cl)C(=O)O. The van der Waals surface area contributed by atoms with Gasteiger partial charge in [0.2, 0.25) is 0 Å². The summed E-state index contributed by atoms with van der Waals surface area (Å²) in [6.45, 7) is 4.45. The molecule has 272 valence electrons. The van der Waals surface area contributed by atoms with Crippen LogP contribution >= 0.6 is 11.6 Å². The number of alkyl halides is 1. The van der Waals surface area contributed by atoms with E-state index in [1.165, 1.54) is 103 Å². The zero-order chi connectivity index (χ0) is 34.2. The molecule has 2 saturated carbocycles. The second-order valence-electron chi connectivity index (χ2n) is 15.1. The third kappa shape index (κ3) is 16.9. The van der Waals surface area contributed by atoms with E-state index in [-0.39, 0.29) is 28.7 Å². The van der Waals surface area contributed by atoms with E-state index in [2.05, 4.69) is 44.2 Å². The highest BCUT2D eigenvalue weighted by Crippen LogP contribution is 2.48. The minimum atomic E-state index is -0.750. The van der Waals surface area contributed by atoms with Gasteiger partial charge in [0.15, 0.2) is 0 Å². The number of aliphatic hydroxyl groups excluding tert-OH is 2. The second-order valence-corrected chi connectivity index (χ2v) is 15.6. The number of carboxylic acid groups (broad SMARTS) is 1. The number of aliphatic carboxylic acids is 1. The van der Waals surface area contributed by atoms with E-state index in [4.69, 9.17) is 11.6 Å². The normalized spacial score (nSPS) is 24.0.